The highest BCUT2D eigenvalue weighted by molar-refractivity contribution is 7.59. The van der Waals surface area contributed by atoms with Crippen LogP contribution in [-0.4, -0.2) is 14.0 Å². The van der Waals surface area contributed by atoms with Crippen LogP contribution in [0.3, 0.4) is 0 Å². The van der Waals surface area contributed by atoms with Gasteiger partial charge >= 0.3 is 0 Å². The van der Waals surface area contributed by atoms with Gasteiger partial charge in [-0.25, -0.2) is 0 Å². The van der Waals surface area contributed by atoms with Crippen molar-refractivity contribution in [3.05, 3.63) is 0 Å². The maximum absolute atomic E-state index is 4.50. The van der Waals surface area contributed by atoms with Crippen LogP contribution in [0.1, 0.15) is 33.6 Å². The van der Waals surface area contributed by atoms with E-state index in [0.29, 0.717) is 0 Å². The molecule has 0 amide bonds. The number of hydrogen-bond donors (Lipinski definition) is 0. The van der Waals surface area contributed by atoms with Gasteiger partial charge in [0.05, 0.1) is 7.85 Å². The van der Waals surface area contributed by atoms with Crippen LogP contribution in [0.2, 0.25) is 6.82 Å². The molecule has 0 bridgehead atoms. The van der Waals surface area contributed by atoms with Crippen molar-refractivity contribution in [2.75, 3.05) is 6.16 Å². The number of hydrogen-bond acceptors (Lipinski definition) is 0. The minimum atomic E-state index is 0. The van der Waals surface area contributed by atoms with Crippen molar-refractivity contribution in [1.29, 1.82) is 0 Å². The van der Waals surface area contributed by atoms with Gasteiger partial charge in [0.1, 0.15) is 0 Å². The van der Waals surface area contributed by atoms with Crippen LogP contribution in [0.15, 0.2) is 0 Å². The van der Waals surface area contributed by atoms with E-state index in [-0.39, 0.29) is 20.9 Å². The second-order valence-electron chi connectivity index (χ2n) is 1.50. The SMILES string of the molecule is C.CCCCCP.S.[B]C. The Morgan fingerprint density at radius 1 is 1.20 bits per heavy atom. The van der Waals surface area contributed by atoms with E-state index in [9.17, 15) is 0 Å². The Bertz CT molecular complexity index is 25.6. The van der Waals surface area contributed by atoms with Crippen molar-refractivity contribution < 1.29 is 0 Å². The fraction of sp³-hybridized carbons (Fsp3) is 1.00. The molecule has 2 radical (unpaired) electrons. The van der Waals surface area contributed by atoms with Crippen LogP contribution in [-0.2, 0) is 0 Å². The van der Waals surface area contributed by atoms with Gasteiger partial charge in [0.15, 0.2) is 0 Å². The molecule has 0 spiro atoms. The molecule has 0 fully saturated rings. The Hall–Kier alpha value is 0.845. The summed E-state index contributed by atoms with van der Waals surface area (Å²) in [6.07, 6.45) is 5.38. The molecular formula is C7H22BPS. The first-order valence-electron chi connectivity index (χ1n) is 3.19. The van der Waals surface area contributed by atoms with Gasteiger partial charge in [0.25, 0.3) is 0 Å². The summed E-state index contributed by atoms with van der Waals surface area (Å²) in [6, 6.07) is 0. The molecule has 0 aromatic heterocycles. The molecule has 0 saturated heterocycles. The molecule has 0 aliphatic rings. The first-order valence-corrected chi connectivity index (χ1v) is 4.01. The van der Waals surface area contributed by atoms with Crippen LogP contribution in [0.5, 0.6) is 0 Å². The zero-order valence-corrected chi connectivity index (χ0v) is 8.64. The van der Waals surface area contributed by atoms with Crippen molar-refractivity contribution in [3.8, 4) is 0 Å². The van der Waals surface area contributed by atoms with E-state index in [1.54, 1.807) is 0 Å². The third-order valence-electron chi connectivity index (χ3n) is 0.808. The van der Waals surface area contributed by atoms with Gasteiger partial charge in [-0.1, -0.05) is 34.0 Å². The van der Waals surface area contributed by atoms with E-state index in [1.165, 1.54) is 32.2 Å². The normalized spacial score (nSPS) is 5.90. The first-order chi connectivity index (χ1) is 3.91. The average molecular weight is 180 g/mol. The first kappa shape index (κ1) is 22.4. The van der Waals surface area contributed by atoms with Crippen molar-refractivity contribution in [2.24, 2.45) is 0 Å². The summed E-state index contributed by atoms with van der Waals surface area (Å²) in [6.45, 7) is 3.72. The van der Waals surface area contributed by atoms with Crippen LogP contribution < -0.4 is 0 Å². The van der Waals surface area contributed by atoms with Gasteiger partial charge in [-0.2, -0.15) is 13.5 Å². The summed E-state index contributed by atoms with van der Waals surface area (Å²) >= 11 is 0. The third kappa shape index (κ3) is 36.8. The molecule has 0 rings (SSSR count). The second-order valence-corrected chi connectivity index (χ2v) is 2.07. The molecule has 1 atom stereocenters. The number of rotatable bonds is 3. The fourth-order valence-corrected chi connectivity index (χ4v) is 0.683. The molecule has 3 heteroatoms. The smallest absolute Gasteiger partial charge is 0.0606 e. The summed E-state index contributed by atoms with van der Waals surface area (Å²) in [7, 11) is 7.23. The molecule has 0 aromatic carbocycles. The van der Waals surface area contributed by atoms with Crippen molar-refractivity contribution >= 4 is 30.6 Å². The monoisotopic (exact) mass is 180 g/mol. The van der Waals surface area contributed by atoms with E-state index in [4.69, 9.17) is 0 Å². The molecular weight excluding hydrogens is 158 g/mol. The summed E-state index contributed by atoms with van der Waals surface area (Å²) < 4.78 is 0. The molecule has 0 saturated carbocycles. The van der Waals surface area contributed by atoms with Gasteiger partial charge < -0.3 is 0 Å². The highest BCUT2D eigenvalue weighted by atomic mass is 32.1. The van der Waals surface area contributed by atoms with Gasteiger partial charge in [0.2, 0.25) is 0 Å². The van der Waals surface area contributed by atoms with Gasteiger partial charge in [-0.05, 0) is 12.6 Å². The fourth-order valence-electron chi connectivity index (χ4n) is 0.394. The quantitative estimate of drug-likeness (QED) is 0.355. The predicted molar refractivity (Wildman–Crippen MR) is 62.8 cm³/mol. The molecule has 0 heterocycles. The van der Waals surface area contributed by atoms with Crippen LogP contribution in [0.4, 0.5) is 0 Å². The molecule has 64 valence electrons. The van der Waals surface area contributed by atoms with Crippen molar-refractivity contribution in [3.63, 3.8) is 0 Å². The van der Waals surface area contributed by atoms with Crippen molar-refractivity contribution in [2.45, 2.75) is 40.4 Å². The highest BCUT2D eigenvalue weighted by Crippen LogP contribution is 1.95. The van der Waals surface area contributed by atoms with Crippen LogP contribution >= 0.6 is 22.7 Å². The lowest BCUT2D eigenvalue weighted by Crippen LogP contribution is -1.70. The molecule has 0 N–H and O–H groups in total. The average Bonchev–Trinajstić information content (AvgIpc) is 1.88. The number of unbranched alkanes of at least 4 members (excludes halogenated alkanes) is 2. The highest BCUT2D eigenvalue weighted by Gasteiger charge is 1.75. The summed E-state index contributed by atoms with van der Waals surface area (Å²) in [4.78, 5) is 0. The van der Waals surface area contributed by atoms with Gasteiger partial charge in [-0.15, -0.1) is 9.24 Å². The Kier molecular flexibility index (Phi) is 73.6. The van der Waals surface area contributed by atoms with Crippen molar-refractivity contribution in [1.82, 2.24) is 0 Å². The standard InChI is InChI=1S/C5H13P.CH3B.CH4.H2S/c1-2-3-4-5-6;1-2;;/h2-6H2,1H3;1H3;1H4;1H2. The summed E-state index contributed by atoms with van der Waals surface area (Å²) in [5, 5.41) is 0. The molecule has 0 aromatic rings. The van der Waals surface area contributed by atoms with E-state index >= 15 is 0 Å². The lowest BCUT2D eigenvalue weighted by Gasteiger charge is -1.86. The van der Waals surface area contributed by atoms with Gasteiger partial charge in [-0.3, -0.25) is 0 Å². The molecule has 0 aliphatic heterocycles. The Labute approximate surface area is 77.6 Å². The van der Waals surface area contributed by atoms with Crippen LogP contribution in [0.25, 0.3) is 0 Å². The third-order valence-corrected chi connectivity index (χ3v) is 1.22. The molecule has 0 aliphatic carbocycles. The molecule has 1 unspecified atom stereocenters. The van der Waals surface area contributed by atoms with Gasteiger partial charge in [0, 0.05) is 0 Å². The Morgan fingerprint density at radius 2 is 1.60 bits per heavy atom. The molecule has 10 heavy (non-hydrogen) atoms. The summed E-state index contributed by atoms with van der Waals surface area (Å²) in [5.41, 5.74) is 0. The van der Waals surface area contributed by atoms with E-state index in [2.05, 4.69) is 24.0 Å². The zero-order chi connectivity index (χ0) is 6.83. The summed E-state index contributed by atoms with van der Waals surface area (Å²) in [5.74, 6) is 0. The largest absolute Gasteiger partial charge is 0.197 e. The Balaban J connectivity index is -0.0000000412. The minimum Gasteiger partial charge on any atom is -0.197 e. The predicted octanol–water partition coefficient (Wildman–Crippen LogP) is 3.00. The van der Waals surface area contributed by atoms with E-state index < -0.39 is 0 Å². The Morgan fingerprint density at radius 3 is 1.70 bits per heavy atom. The van der Waals surface area contributed by atoms with Crippen LogP contribution in [0, 0.1) is 0 Å². The second kappa shape index (κ2) is 32.8. The maximum atomic E-state index is 4.50. The maximum Gasteiger partial charge on any atom is 0.0606 e. The van der Waals surface area contributed by atoms with E-state index in [0.717, 1.165) is 0 Å². The lowest BCUT2D eigenvalue weighted by atomic mass is 10.2. The topological polar surface area (TPSA) is 0 Å². The molecule has 0 nitrogen and oxygen atoms in total. The minimum absolute atomic E-state index is 0. The lowest BCUT2D eigenvalue weighted by molar-refractivity contribution is 0.779. The zero-order valence-electron chi connectivity index (χ0n) is 6.48. The van der Waals surface area contributed by atoms with E-state index in [1.807, 2.05) is 0 Å².